The number of fused-ring (bicyclic) bond motifs is 3. The van der Waals surface area contributed by atoms with Crippen molar-refractivity contribution in [1.82, 2.24) is 14.5 Å². The number of piperidine rings is 1. The van der Waals surface area contributed by atoms with E-state index in [9.17, 15) is 9.59 Å². The fourth-order valence-electron chi connectivity index (χ4n) is 5.20. The number of pyridine rings is 1. The molecule has 0 spiro atoms. The number of cyclic esters (lactones) is 1. The van der Waals surface area contributed by atoms with Crippen LogP contribution in [0.4, 0.5) is 23.1 Å². The molecule has 5 rings (SSSR count). The lowest BCUT2D eigenvalue weighted by Gasteiger charge is -2.35. The number of aromatic nitrogens is 3. The Labute approximate surface area is 214 Å². The first-order valence-corrected chi connectivity index (χ1v) is 12.7. The Balaban J connectivity index is 1.55. The van der Waals surface area contributed by atoms with Crippen molar-refractivity contribution in [2.45, 2.75) is 46.3 Å². The van der Waals surface area contributed by atoms with Crippen molar-refractivity contribution < 1.29 is 9.53 Å². The van der Waals surface area contributed by atoms with Crippen LogP contribution in [0.25, 0.3) is 10.9 Å². The van der Waals surface area contributed by atoms with Crippen LogP contribution in [0.15, 0.2) is 29.2 Å². The SMILES string of the molecule is C[C@@H]1C[C@H](C)CN(c2ncc(Cl)c(Nc3ccc4c(c3)c3c(c(=O)n4C)C(=O)O[C@H](C)[C@@H](C)N3)n2)C1. The highest BCUT2D eigenvalue weighted by Gasteiger charge is 2.31. The number of aryl methyl sites for hydroxylation is 1. The number of hydrogen-bond acceptors (Lipinski definition) is 8. The Bertz CT molecular complexity index is 1400. The first-order chi connectivity index (χ1) is 17.1. The number of anilines is 4. The Morgan fingerprint density at radius 3 is 2.58 bits per heavy atom. The van der Waals surface area contributed by atoms with Gasteiger partial charge in [0.15, 0.2) is 5.82 Å². The Kier molecular flexibility index (Phi) is 6.28. The molecular weight excluding hydrogens is 480 g/mol. The van der Waals surface area contributed by atoms with Crippen molar-refractivity contribution in [2.24, 2.45) is 18.9 Å². The summed E-state index contributed by atoms with van der Waals surface area (Å²) in [5.74, 6) is 1.65. The molecule has 2 aromatic heterocycles. The predicted octanol–water partition coefficient (Wildman–Crippen LogP) is 4.57. The maximum absolute atomic E-state index is 13.0. The van der Waals surface area contributed by atoms with Gasteiger partial charge in [-0.15, -0.1) is 0 Å². The lowest BCUT2D eigenvalue weighted by atomic mass is 9.92. The minimum Gasteiger partial charge on any atom is -0.457 e. The number of carbonyl (C=O) groups excluding carboxylic acids is 1. The van der Waals surface area contributed by atoms with Crippen LogP contribution < -0.4 is 21.1 Å². The van der Waals surface area contributed by atoms with E-state index < -0.39 is 11.5 Å². The van der Waals surface area contributed by atoms with Crippen molar-refractivity contribution in [3.63, 3.8) is 0 Å². The average Bonchev–Trinajstić information content (AvgIpc) is 2.93. The van der Waals surface area contributed by atoms with E-state index in [1.54, 1.807) is 20.2 Å². The van der Waals surface area contributed by atoms with Crippen LogP contribution in [0, 0.1) is 11.8 Å². The first kappa shape index (κ1) is 24.4. The molecule has 4 atom stereocenters. The molecule has 36 heavy (non-hydrogen) atoms. The molecule has 0 amide bonds. The molecule has 1 saturated heterocycles. The summed E-state index contributed by atoms with van der Waals surface area (Å²) in [6, 6.07) is 5.42. The van der Waals surface area contributed by atoms with Crippen molar-refractivity contribution in [3.05, 3.63) is 45.3 Å². The maximum atomic E-state index is 13.0. The van der Waals surface area contributed by atoms with Gasteiger partial charge in [-0.25, -0.2) is 9.78 Å². The van der Waals surface area contributed by atoms with E-state index >= 15 is 0 Å². The number of esters is 1. The Morgan fingerprint density at radius 2 is 1.86 bits per heavy atom. The fourth-order valence-corrected chi connectivity index (χ4v) is 5.34. The van der Waals surface area contributed by atoms with Crippen LogP contribution in [0.2, 0.25) is 5.02 Å². The highest BCUT2D eigenvalue weighted by molar-refractivity contribution is 6.33. The molecule has 10 heteroatoms. The summed E-state index contributed by atoms with van der Waals surface area (Å²) in [5, 5.41) is 7.77. The summed E-state index contributed by atoms with van der Waals surface area (Å²) in [5.41, 5.74) is 1.50. The standard InChI is InChI=1S/C26H31ClN6O3/c1-13-8-14(2)12-33(11-13)26-28-10-19(27)23(31-26)30-17-6-7-20-18(9-17)22-21(24(34)32(20)5)25(35)36-16(4)15(3)29-22/h6-7,9-10,13-16,29H,8,11-12H2,1-5H3,(H,28,30,31)/t13-,14+,15-,16-/m1/s1. The Morgan fingerprint density at radius 1 is 1.14 bits per heavy atom. The van der Waals surface area contributed by atoms with Gasteiger partial charge in [0.25, 0.3) is 5.56 Å². The summed E-state index contributed by atoms with van der Waals surface area (Å²) in [7, 11) is 1.65. The largest absolute Gasteiger partial charge is 0.457 e. The molecule has 0 unspecified atom stereocenters. The van der Waals surface area contributed by atoms with Crippen molar-refractivity contribution >= 4 is 51.6 Å². The lowest BCUT2D eigenvalue weighted by Crippen LogP contribution is -2.39. The average molecular weight is 511 g/mol. The summed E-state index contributed by atoms with van der Waals surface area (Å²) in [6.45, 7) is 10.0. The lowest BCUT2D eigenvalue weighted by molar-refractivity contribution is 0.0325. The van der Waals surface area contributed by atoms with Crippen LogP contribution in [0.5, 0.6) is 0 Å². The minimum atomic E-state index is -0.622. The number of rotatable bonds is 3. The van der Waals surface area contributed by atoms with Crippen LogP contribution in [-0.4, -0.2) is 45.7 Å². The van der Waals surface area contributed by atoms with Gasteiger partial charge in [0, 0.05) is 31.2 Å². The number of halogens is 1. The highest BCUT2D eigenvalue weighted by atomic mass is 35.5. The van der Waals surface area contributed by atoms with Crippen LogP contribution in [0.1, 0.15) is 44.5 Å². The first-order valence-electron chi connectivity index (χ1n) is 12.3. The minimum absolute atomic E-state index is 0.00837. The van der Waals surface area contributed by atoms with Gasteiger partial charge in [-0.2, -0.15) is 4.98 Å². The molecule has 1 aromatic carbocycles. The fraction of sp³-hybridized carbons (Fsp3) is 0.462. The molecular formula is C26H31ClN6O3. The van der Waals surface area contributed by atoms with Gasteiger partial charge in [-0.3, -0.25) is 4.79 Å². The van der Waals surface area contributed by atoms with Gasteiger partial charge in [-0.05, 0) is 50.3 Å². The molecule has 4 heterocycles. The molecule has 0 saturated carbocycles. The quantitative estimate of drug-likeness (QED) is 0.494. The van der Waals surface area contributed by atoms with Gasteiger partial charge in [0.05, 0.1) is 23.4 Å². The third-order valence-corrected chi connectivity index (χ3v) is 7.39. The van der Waals surface area contributed by atoms with Gasteiger partial charge >= 0.3 is 5.97 Å². The molecule has 1 fully saturated rings. The van der Waals surface area contributed by atoms with Crippen LogP contribution >= 0.6 is 11.6 Å². The van der Waals surface area contributed by atoms with Crippen molar-refractivity contribution in [2.75, 3.05) is 28.6 Å². The zero-order valence-corrected chi connectivity index (χ0v) is 21.9. The maximum Gasteiger partial charge on any atom is 0.346 e. The molecule has 2 aliphatic rings. The van der Waals surface area contributed by atoms with Crippen LogP contribution in [-0.2, 0) is 11.8 Å². The number of nitrogens with one attached hydrogen (secondary N) is 2. The van der Waals surface area contributed by atoms with E-state index in [0.717, 1.165) is 24.2 Å². The number of hydrogen-bond donors (Lipinski definition) is 2. The second-order valence-electron chi connectivity index (χ2n) is 10.2. The molecule has 9 nitrogen and oxygen atoms in total. The third kappa shape index (κ3) is 4.36. The zero-order chi connectivity index (χ0) is 25.7. The summed E-state index contributed by atoms with van der Waals surface area (Å²) in [4.78, 5) is 37.2. The molecule has 0 bridgehead atoms. The monoisotopic (exact) mass is 510 g/mol. The molecule has 190 valence electrons. The number of carbonyl (C=O) groups is 1. The number of benzene rings is 1. The molecule has 2 N–H and O–H groups in total. The summed E-state index contributed by atoms with van der Waals surface area (Å²) < 4.78 is 6.96. The zero-order valence-electron chi connectivity index (χ0n) is 21.1. The normalized spacial score (nSPS) is 24.1. The van der Waals surface area contributed by atoms with E-state index in [1.165, 1.54) is 11.0 Å². The van der Waals surface area contributed by atoms with Gasteiger partial charge in [-0.1, -0.05) is 25.4 Å². The van der Waals surface area contributed by atoms with E-state index in [2.05, 4.69) is 34.4 Å². The second-order valence-corrected chi connectivity index (χ2v) is 10.6. The van der Waals surface area contributed by atoms with Gasteiger partial charge in [0.2, 0.25) is 5.95 Å². The number of ether oxygens (including phenoxy) is 1. The van der Waals surface area contributed by atoms with Gasteiger partial charge in [0.1, 0.15) is 16.7 Å². The topological polar surface area (TPSA) is 101 Å². The van der Waals surface area contributed by atoms with E-state index in [1.807, 2.05) is 25.1 Å². The smallest absolute Gasteiger partial charge is 0.346 e. The third-order valence-electron chi connectivity index (χ3n) is 7.11. The highest BCUT2D eigenvalue weighted by Crippen LogP contribution is 2.33. The molecule has 0 radical (unpaired) electrons. The van der Waals surface area contributed by atoms with E-state index in [0.29, 0.717) is 39.8 Å². The van der Waals surface area contributed by atoms with E-state index in [-0.39, 0.29) is 17.7 Å². The summed E-state index contributed by atoms with van der Waals surface area (Å²) >= 11 is 6.47. The van der Waals surface area contributed by atoms with Crippen LogP contribution in [0.3, 0.4) is 0 Å². The van der Waals surface area contributed by atoms with E-state index in [4.69, 9.17) is 21.3 Å². The molecule has 0 aliphatic carbocycles. The molecule has 2 aliphatic heterocycles. The summed E-state index contributed by atoms with van der Waals surface area (Å²) in [6.07, 6.45) is 2.43. The van der Waals surface area contributed by atoms with Crippen molar-refractivity contribution in [1.29, 1.82) is 0 Å². The predicted molar refractivity (Wildman–Crippen MR) is 143 cm³/mol. The van der Waals surface area contributed by atoms with Gasteiger partial charge < -0.3 is 24.8 Å². The molecule has 3 aromatic rings. The van der Waals surface area contributed by atoms with Crippen molar-refractivity contribution in [3.8, 4) is 0 Å². The second kappa shape index (κ2) is 9.28. The number of nitrogens with zero attached hydrogens (tertiary/aromatic N) is 4. The Hall–Kier alpha value is -3.33.